The fourth-order valence-electron chi connectivity index (χ4n) is 1.47. The van der Waals surface area contributed by atoms with Gasteiger partial charge in [0.2, 0.25) is 0 Å². The minimum atomic E-state index is -3.59. The van der Waals surface area contributed by atoms with E-state index in [2.05, 4.69) is 88.4 Å². The summed E-state index contributed by atoms with van der Waals surface area (Å²) >= 11 is 9.75. The Morgan fingerprint density at radius 2 is 1.60 bits per heavy atom. The second-order valence-electron chi connectivity index (χ2n) is 3.81. The Morgan fingerprint density at radius 3 is 2.15 bits per heavy atom. The van der Waals surface area contributed by atoms with E-state index in [-0.39, 0.29) is 4.90 Å². The maximum Gasteiger partial charge on any atom is 0.261 e. The van der Waals surface area contributed by atoms with Gasteiger partial charge in [0.05, 0.1) is 10.6 Å². The van der Waals surface area contributed by atoms with Crippen LogP contribution in [0.3, 0.4) is 0 Å². The number of benzene rings is 2. The molecule has 0 aliphatic carbocycles. The molecule has 0 aromatic heterocycles. The molecule has 2 rings (SSSR count). The van der Waals surface area contributed by atoms with Gasteiger partial charge in [-0.1, -0.05) is 22.0 Å². The first-order valence-electron chi connectivity index (χ1n) is 5.22. The fraction of sp³-hybridized carbons (Fsp3) is 0. The van der Waals surface area contributed by atoms with Gasteiger partial charge < -0.3 is 0 Å². The van der Waals surface area contributed by atoms with Crippen molar-refractivity contribution in [3.05, 3.63) is 51.6 Å². The summed E-state index contributed by atoms with van der Waals surface area (Å²) in [4.78, 5) is 0.233. The van der Waals surface area contributed by atoms with Crippen LogP contribution in [0.1, 0.15) is 0 Å². The smallest absolute Gasteiger partial charge is 0.261 e. The minimum absolute atomic E-state index is 0.233. The summed E-state index contributed by atoms with van der Waals surface area (Å²) in [5.41, 5.74) is 0.617. The van der Waals surface area contributed by atoms with Gasteiger partial charge in [-0.3, -0.25) is 4.72 Å². The Bertz CT molecular complexity index is 742. The zero-order valence-corrected chi connectivity index (χ0v) is 18.6. The number of hydrogen-bond acceptors (Lipinski definition) is 2. The van der Waals surface area contributed by atoms with Crippen molar-refractivity contribution in [1.29, 1.82) is 0 Å². The minimum Gasteiger partial charge on any atom is -0.277 e. The van der Waals surface area contributed by atoms with Crippen LogP contribution in [0.25, 0.3) is 0 Å². The van der Waals surface area contributed by atoms with Crippen LogP contribution in [-0.4, -0.2) is 8.42 Å². The van der Waals surface area contributed by atoms with E-state index < -0.39 is 10.0 Å². The largest absolute Gasteiger partial charge is 0.277 e. The Morgan fingerprint density at radius 1 is 1.00 bits per heavy atom. The normalized spacial score (nSPS) is 11.4. The molecular formula is C12H7BrI3NO2S. The van der Waals surface area contributed by atoms with E-state index in [1.807, 2.05) is 12.1 Å². The van der Waals surface area contributed by atoms with Gasteiger partial charge in [-0.15, -0.1) is 0 Å². The van der Waals surface area contributed by atoms with Crippen molar-refractivity contribution in [2.45, 2.75) is 4.90 Å². The highest BCUT2D eigenvalue weighted by molar-refractivity contribution is 14.1. The molecule has 3 nitrogen and oxygen atoms in total. The molecule has 0 bridgehead atoms. The molecule has 0 saturated carbocycles. The van der Waals surface area contributed by atoms with Crippen LogP contribution in [0.15, 0.2) is 45.8 Å². The third-order valence-corrected chi connectivity index (χ3v) is 6.51. The zero-order chi connectivity index (χ0) is 14.9. The molecule has 0 atom stereocenters. The standard InChI is InChI=1S/C12H7BrI3NO2S/c13-7-2-1-3-9(4-7)20(18,19)17-12-10(15)5-8(14)6-11(12)16/h1-6,17H. The van der Waals surface area contributed by atoms with E-state index in [1.54, 1.807) is 24.3 Å². The molecule has 0 amide bonds. The molecule has 0 radical (unpaired) electrons. The number of sulfonamides is 1. The number of rotatable bonds is 3. The van der Waals surface area contributed by atoms with Crippen molar-refractivity contribution >= 4 is 99.4 Å². The SMILES string of the molecule is O=S(=O)(Nc1c(I)cc(I)cc1I)c1cccc(Br)c1. The zero-order valence-electron chi connectivity index (χ0n) is 9.70. The highest BCUT2D eigenvalue weighted by atomic mass is 127. The van der Waals surface area contributed by atoms with Crippen LogP contribution in [0.4, 0.5) is 5.69 Å². The lowest BCUT2D eigenvalue weighted by Crippen LogP contribution is -2.15. The second kappa shape index (κ2) is 6.96. The summed E-state index contributed by atoms with van der Waals surface area (Å²) < 4.78 is 31.0. The van der Waals surface area contributed by atoms with Gasteiger partial charge in [0, 0.05) is 15.2 Å². The van der Waals surface area contributed by atoms with E-state index in [9.17, 15) is 8.42 Å². The number of halogens is 4. The number of nitrogens with one attached hydrogen (secondary N) is 1. The number of anilines is 1. The predicted molar refractivity (Wildman–Crippen MR) is 110 cm³/mol. The first-order chi connectivity index (χ1) is 9.29. The Labute approximate surface area is 166 Å². The lowest BCUT2D eigenvalue weighted by molar-refractivity contribution is 0.601. The van der Waals surface area contributed by atoms with Gasteiger partial charge in [0.1, 0.15) is 0 Å². The summed E-state index contributed by atoms with van der Waals surface area (Å²) in [6, 6.07) is 10.5. The molecule has 8 heteroatoms. The van der Waals surface area contributed by atoms with Crippen molar-refractivity contribution in [3.63, 3.8) is 0 Å². The fourth-order valence-corrected chi connectivity index (χ4v) is 7.38. The summed E-state index contributed by atoms with van der Waals surface area (Å²) in [7, 11) is -3.59. The third kappa shape index (κ3) is 4.20. The average molecular weight is 690 g/mol. The molecule has 1 N–H and O–H groups in total. The van der Waals surface area contributed by atoms with E-state index in [0.29, 0.717) is 5.69 Å². The molecule has 0 fully saturated rings. The van der Waals surface area contributed by atoms with Gasteiger partial charge in [-0.25, -0.2) is 8.42 Å². The molecule has 0 unspecified atom stereocenters. The average Bonchev–Trinajstić information content (AvgIpc) is 2.34. The van der Waals surface area contributed by atoms with Crippen LogP contribution in [0, 0.1) is 10.7 Å². The van der Waals surface area contributed by atoms with E-state index in [4.69, 9.17) is 0 Å². The van der Waals surface area contributed by atoms with Gasteiger partial charge in [0.15, 0.2) is 0 Å². The maximum atomic E-state index is 12.4. The van der Waals surface area contributed by atoms with Crippen molar-refractivity contribution in [2.75, 3.05) is 4.72 Å². The monoisotopic (exact) mass is 689 g/mol. The van der Waals surface area contributed by atoms with Crippen LogP contribution in [-0.2, 0) is 10.0 Å². The molecule has 0 aliphatic heterocycles. The number of hydrogen-bond donors (Lipinski definition) is 1. The third-order valence-electron chi connectivity index (χ3n) is 2.35. The lowest BCUT2D eigenvalue weighted by Gasteiger charge is -2.12. The van der Waals surface area contributed by atoms with Gasteiger partial charge in [-0.2, -0.15) is 0 Å². The summed E-state index contributed by atoms with van der Waals surface area (Å²) in [5.74, 6) is 0. The van der Waals surface area contributed by atoms with Crippen LogP contribution < -0.4 is 4.72 Å². The van der Waals surface area contributed by atoms with Gasteiger partial charge in [0.25, 0.3) is 10.0 Å². The molecule has 0 spiro atoms. The summed E-state index contributed by atoms with van der Waals surface area (Å²) in [6.45, 7) is 0. The molecule has 0 saturated heterocycles. The first-order valence-corrected chi connectivity index (χ1v) is 10.7. The van der Waals surface area contributed by atoms with Gasteiger partial charge >= 0.3 is 0 Å². The van der Waals surface area contributed by atoms with Gasteiger partial charge in [-0.05, 0) is 98.1 Å². The summed E-state index contributed by atoms with van der Waals surface area (Å²) in [5, 5.41) is 0. The van der Waals surface area contributed by atoms with Crippen LogP contribution >= 0.6 is 83.7 Å². The Hall–Kier alpha value is 0.860. The Kier molecular flexibility index (Phi) is 5.99. The predicted octanol–water partition coefficient (Wildman–Crippen LogP) is 5.06. The first kappa shape index (κ1) is 17.2. The summed E-state index contributed by atoms with van der Waals surface area (Å²) in [6.07, 6.45) is 0. The molecule has 0 heterocycles. The van der Waals surface area contributed by atoms with Crippen LogP contribution in [0.5, 0.6) is 0 Å². The second-order valence-corrected chi connectivity index (χ2v) is 9.98. The quantitative estimate of drug-likeness (QED) is 0.459. The molecule has 2 aromatic carbocycles. The molecule has 20 heavy (non-hydrogen) atoms. The molecular weight excluding hydrogens is 683 g/mol. The van der Waals surface area contributed by atoms with E-state index in [0.717, 1.165) is 15.2 Å². The Balaban J connectivity index is 2.44. The van der Waals surface area contributed by atoms with Crippen molar-refractivity contribution in [3.8, 4) is 0 Å². The molecule has 106 valence electrons. The van der Waals surface area contributed by atoms with Crippen molar-refractivity contribution in [2.24, 2.45) is 0 Å². The topological polar surface area (TPSA) is 46.2 Å². The highest BCUT2D eigenvalue weighted by Gasteiger charge is 2.18. The van der Waals surface area contributed by atoms with Crippen LogP contribution in [0.2, 0.25) is 0 Å². The highest BCUT2D eigenvalue weighted by Crippen LogP contribution is 2.29. The van der Waals surface area contributed by atoms with Crippen molar-refractivity contribution < 1.29 is 8.42 Å². The van der Waals surface area contributed by atoms with E-state index in [1.165, 1.54) is 0 Å². The molecule has 2 aromatic rings. The maximum absolute atomic E-state index is 12.4. The van der Waals surface area contributed by atoms with E-state index >= 15 is 0 Å². The van der Waals surface area contributed by atoms with Crippen molar-refractivity contribution in [1.82, 2.24) is 0 Å². The molecule has 0 aliphatic rings. The lowest BCUT2D eigenvalue weighted by atomic mass is 10.3.